The molecule has 3 nitrogen and oxygen atoms in total. The summed E-state index contributed by atoms with van der Waals surface area (Å²) in [4.78, 5) is 0. The highest BCUT2D eigenvalue weighted by Gasteiger charge is 2.14. The number of ether oxygens (including phenoxy) is 2. The Morgan fingerprint density at radius 2 is 0.867 bits per heavy atom. The summed E-state index contributed by atoms with van der Waals surface area (Å²) in [6.45, 7) is 0.120. The summed E-state index contributed by atoms with van der Waals surface area (Å²) < 4.78 is 11.8. The molecule has 4 aromatic rings. The highest BCUT2D eigenvalue weighted by atomic mass is 16.5. The highest BCUT2D eigenvalue weighted by Crippen LogP contribution is 2.32. The summed E-state index contributed by atoms with van der Waals surface area (Å²) in [6, 6.07) is 35.6. The number of hydrogen-bond acceptors (Lipinski definition) is 3. The third kappa shape index (κ3) is 5.07. The van der Waals surface area contributed by atoms with Gasteiger partial charge in [0, 0.05) is 12.5 Å². The van der Waals surface area contributed by atoms with Crippen molar-refractivity contribution < 1.29 is 14.6 Å². The Bertz CT molecular complexity index is 942. The van der Waals surface area contributed by atoms with Crippen LogP contribution >= 0.6 is 0 Å². The molecule has 0 unspecified atom stereocenters. The molecule has 30 heavy (non-hydrogen) atoms. The van der Waals surface area contributed by atoms with Gasteiger partial charge in [0.05, 0.1) is 0 Å². The molecular formula is C27H24O3. The molecule has 0 heterocycles. The average Bonchev–Trinajstić information content (AvgIpc) is 2.80. The summed E-state index contributed by atoms with van der Waals surface area (Å²) in [6.07, 6.45) is 0.651. The van der Waals surface area contributed by atoms with Crippen LogP contribution in [0.25, 0.3) is 0 Å². The number of rotatable bonds is 8. The summed E-state index contributed by atoms with van der Waals surface area (Å²) in [5.41, 5.74) is 2.28. The first-order valence-corrected chi connectivity index (χ1v) is 10.1. The zero-order valence-corrected chi connectivity index (χ0v) is 16.6. The van der Waals surface area contributed by atoms with Crippen LogP contribution in [0.1, 0.15) is 23.5 Å². The van der Waals surface area contributed by atoms with Crippen molar-refractivity contribution in [2.75, 3.05) is 6.61 Å². The molecule has 4 rings (SSSR count). The molecule has 0 amide bonds. The monoisotopic (exact) mass is 396 g/mol. The van der Waals surface area contributed by atoms with E-state index >= 15 is 0 Å². The third-order valence-electron chi connectivity index (χ3n) is 4.94. The van der Waals surface area contributed by atoms with Crippen LogP contribution in [-0.2, 0) is 0 Å². The normalized spacial score (nSPS) is 10.7. The van der Waals surface area contributed by atoms with Crippen molar-refractivity contribution in [1.29, 1.82) is 0 Å². The van der Waals surface area contributed by atoms with Gasteiger partial charge in [-0.25, -0.2) is 0 Å². The van der Waals surface area contributed by atoms with Crippen LogP contribution in [0.15, 0.2) is 109 Å². The lowest BCUT2D eigenvalue weighted by Gasteiger charge is -2.18. The maximum Gasteiger partial charge on any atom is 0.127 e. The van der Waals surface area contributed by atoms with Crippen molar-refractivity contribution in [3.8, 4) is 23.0 Å². The molecule has 0 fully saturated rings. The van der Waals surface area contributed by atoms with E-state index < -0.39 is 0 Å². The van der Waals surface area contributed by atoms with Crippen LogP contribution in [0.5, 0.6) is 23.0 Å². The molecule has 0 spiro atoms. The molecule has 0 aliphatic heterocycles. The minimum absolute atomic E-state index is 0.103. The average molecular weight is 396 g/mol. The van der Waals surface area contributed by atoms with Gasteiger partial charge in [-0.3, -0.25) is 0 Å². The van der Waals surface area contributed by atoms with Crippen molar-refractivity contribution in [2.45, 2.75) is 12.3 Å². The lowest BCUT2D eigenvalue weighted by molar-refractivity contribution is 0.281. The lowest BCUT2D eigenvalue weighted by atomic mass is 9.89. The Morgan fingerprint density at radius 3 is 1.23 bits per heavy atom. The number of benzene rings is 4. The fraction of sp³-hybridized carbons (Fsp3) is 0.111. The largest absolute Gasteiger partial charge is 0.457 e. The van der Waals surface area contributed by atoms with E-state index in [1.54, 1.807) is 0 Å². The van der Waals surface area contributed by atoms with Gasteiger partial charge in [0.2, 0.25) is 0 Å². The number of para-hydroxylation sites is 2. The smallest absolute Gasteiger partial charge is 0.127 e. The van der Waals surface area contributed by atoms with Gasteiger partial charge in [0.15, 0.2) is 0 Å². The molecule has 4 aromatic carbocycles. The first-order valence-electron chi connectivity index (χ1n) is 10.1. The fourth-order valence-corrected chi connectivity index (χ4v) is 3.44. The topological polar surface area (TPSA) is 38.7 Å². The fourth-order valence-electron chi connectivity index (χ4n) is 3.44. The number of aliphatic hydroxyl groups excluding tert-OH is 1. The molecule has 1 N–H and O–H groups in total. The van der Waals surface area contributed by atoms with Crippen LogP contribution in [0.2, 0.25) is 0 Å². The second-order valence-electron chi connectivity index (χ2n) is 7.03. The van der Waals surface area contributed by atoms with Gasteiger partial charge in [-0.1, -0.05) is 60.7 Å². The summed E-state index contributed by atoms with van der Waals surface area (Å²) in [5.74, 6) is 3.31. The summed E-state index contributed by atoms with van der Waals surface area (Å²) in [7, 11) is 0. The van der Waals surface area contributed by atoms with E-state index in [-0.39, 0.29) is 12.5 Å². The molecule has 0 atom stereocenters. The van der Waals surface area contributed by atoms with Crippen LogP contribution < -0.4 is 9.47 Å². The quantitative estimate of drug-likeness (QED) is 0.356. The van der Waals surface area contributed by atoms with Crippen molar-refractivity contribution >= 4 is 0 Å². The molecule has 0 aliphatic rings. The van der Waals surface area contributed by atoms with E-state index in [4.69, 9.17) is 9.47 Å². The molecule has 0 saturated heterocycles. The van der Waals surface area contributed by atoms with E-state index in [9.17, 15) is 5.11 Å². The second kappa shape index (κ2) is 9.77. The van der Waals surface area contributed by atoms with Gasteiger partial charge in [0.1, 0.15) is 23.0 Å². The highest BCUT2D eigenvalue weighted by molar-refractivity contribution is 5.40. The first-order chi connectivity index (χ1) is 14.8. The van der Waals surface area contributed by atoms with Crippen molar-refractivity contribution in [2.24, 2.45) is 0 Å². The Labute approximate surface area is 177 Å². The molecule has 0 aliphatic carbocycles. The van der Waals surface area contributed by atoms with Gasteiger partial charge in [0.25, 0.3) is 0 Å². The number of hydrogen-bond donors (Lipinski definition) is 1. The zero-order valence-electron chi connectivity index (χ0n) is 16.6. The molecule has 0 radical (unpaired) electrons. The predicted molar refractivity (Wildman–Crippen MR) is 119 cm³/mol. The van der Waals surface area contributed by atoms with Crippen LogP contribution in [-0.4, -0.2) is 11.7 Å². The number of aliphatic hydroxyl groups is 1. The molecule has 150 valence electrons. The van der Waals surface area contributed by atoms with Crippen molar-refractivity contribution in [1.82, 2.24) is 0 Å². The van der Waals surface area contributed by atoms with E-state index in [2.05, 4.69) is 24.3 Å². The minimum Gasteiger partial charge on any atom is -0.457 e. The van der Waals surface area contributed by atoms with Gasteiger partial charge in [-0.15, -0.1) is 0 Å². The Kier molecular flexibility index (Phi) is 6.43. The van der Waals surface area contributed by atoms with Crippen LogP contribution in [0.3, 0.4) is 0 Å². The third-order valence-corrected chi connectivity index (χ3v) is 4.94. The predicted octanol–water partition coefficient (Wildman–Crippen LogP) is 6.79. The van der Waals surface area contributed by atoms with Gasteiger partial charge >= 0.3 is 0 Å². The lowest BCUT2D eigenvalue weighted by Crippen LogP contribution is -2.04. The van der Waals surface area contributed by atoms with E-state index in [0.717, 1.165) is 34.1 Å². The Balaban J connectivity index is 1.49. The molecule has 0 saturated carbocycles. The zero-order chi connectivity index (χ0) is 20.6. The maximum absolute atomic E-state index is 9.61. The van der Waals surface area contributed by atoms with Crippen molar-refractivity contribution in [3.05, 3.63) is 120 Å². The summed E-state index contributed by atoms with van der Waals surface area (Å²) in [5, 5.41) is 9.61. The van der Waals surface area contributed by atoms with Gasteiger partial charge in [-0.05, 0) is 66.1 Å². The van der Waals surface area contributed by atoms with Gasteiger partial charge in [-0.2, -0.15) is 0 Å². The maximum atomic E-state index is 9.61. The molecule has 0 aromatic heterocycles. The van der Waals surface area contributed by atoms with Gasteiger partial charge < -0.3 is 14.6 Å². The first kappa shape index (κ1) is 19.7. The van der Waals surface area contributed by atoms with Crippen LogP contribution in [0, 0.1) is 0 Å². The Morgan fingerprint density at radius 1 is 0.500 bits per heavy atom. The van der Waals surface area contributed by atoms with Crippen molar-refractivity contribution in [3.63, 3.8) is 0 Å². The molecular weight excluding hydrogens is 372 g/mol. The van der Waals surface area contributed by atoms with Crippen LogP contribution in [0.4, 0.5) is 0 Å². The minimum atomic E-state index is 0.103. The molecule has 0 bridgehead atoms. The SMILES string of the molecule is OCCC(c1ccc(Oc2ccccc2)cc1)c1ccc(Oc2ccccc2)cc1. The Hall–Kier alpha value is -3.56. The summed E-state index contributed by atoms with van der Waals surface area (Å²) >= 11 is 0. The van der Waals surface area contributed by atoms with E-state index in [0.29, 0.717) is 6.42 Å². The van der Waals surface area contributed by atoms with E-state index in [1.807, 2.05) is 84.9 Å². The standard InChI is InChI=1S/C27H24O3/c28-20-19-27(21-11-15-25(16-12-21)29-23-7-3-1-4-8-23)22-13-17-26(18-14-22)30-24-9-5-2-6-10-24/h1-18,27-28H,19-20H2. The molecule has 3 heteroatoms. The second-order valence-corrected chi connectivity index (χ2v) is 7.03. The van der Waals surface area contributed by atoms with E-state index in [1.165, 1.54) is 0 Å².